The van der Waals surface area contributed by atoms with Crippen molar-refractivity contribution in [1.82, 2.24) is 5.32 Å². The maximum Gasteiger partial charge on any atom is 0.204 e. The van der Waals surface area contributed by atoms with Crippen molar-refractivity contribution in [2.24, 2.45) is 0 Å². The zero-order valence-electron chi connectivity index (χ0n) is 13.6. The summed E-state index contributed by atoms with van der Waals surface area (Å²) >= 11 is 0. The first kappa shape index (κ1) is 16.4. The molecule has 0 aliphatic rings. The van der Waals surface area contributed by atoms with E-state index in [0.717, 1.165) is 17.3 Å². The second kappa shape index (κ2) is 6.57. The molecule has 0 radical (unpaired) electrons. The first-order valence-corrected chi connectivity index (χ1v) is 7.67. The molecular formula is C20H17NO4. The third-order valence-corrected chi connectivity index (χ3v) is 3.89. The van der Waals surface area contributed by atoms with Crippen molar-refractivity contribution in [2.75, 3.05) is 0 Å². The fourth-order valence-corrected chi connectivity index (χ4v) is 2.69. The van der Waals surface area contributed by atoms with E-state index in [9.17, 15) is 15.0 Å². The average Bonchev–Trinajstić information content (AvgIpc) is 2.59. The molecule has 0 fully saturated rings. The van der Waals surface area contributed by atoms with Crippen molar-refractivity contribution in [3.8, 4) is 22.6 Å². The minimum absolute atomic E-state index is 0.0434. The van der Waals surface area contributed by atoms with E-state index < -0.39 is 0 Å². The molecule has 3 N–H and O–H groups in total. The van der Waals surface area contributed by atoms with Crippen LogP contribution in [0.5, 0.6) is 11.5 Å². The van der Waals surface area contributed by atoms with Crippen molar-refractivity contribution in [3.05, 3.63) is 77.3 Å². The summed E-state index contributed by atoms with van der Waals surface area (Å²) in [5, 5.41) is 22.6. The molecule has 1 aromatic heterocycles. The fourth-order valence-electron chi connectivity index (χ4n) is 2.69. The van der Waals surface area contributed by atoms with Crippen LogP contribution in [0, 0.1) is 0 Å². The van der Waals surface area contributed by atoms with Gasteiger partial charge in [0.1, 0.15) is 28.7 Å². The molecular weight excluding hydrogens is 318 g/mol. The van der Waals surface area contributed by atoms with Crippen molar-refractivity contribution in [2.45, 2.75) is 6.92 Å². The number of hydrogen-bond acceptors (Lipinski definition) is 5. The number of nitrogens with one attached hydrogen (secondary N) is 1. The number of aromatic hydroxyl groups is 2. The van der Waals surface area contributed by atoms with Gasteiger partial charge in [-0.2, -0.15) is 0 Å². The highest BCUT2D eigenvalue weighted by atomic mass is 16.3. The molecule has 1 heterocycles. The maximum atomic E-state index is 12.7. The van der Waals surface area contributed by atoms with Crippen LogP contribution in [-0.4, -0.2) is 10.2 Å². The second-order valence-electron chi connectivity index (χ2n) is 5.44. The van der Waals surface area contributed by atoms with E-state index in [2.05, 4.69) is 11.9 Å². The SMILES string of the molecule is C=CN/C(=C\C)c1ccc(-c2coc3cc(O)cc(O)c3c2=O)cc1. The monoisotopic (exact) mass is 335 g/mol. The van der Waals surface area contributed by atoms with Crippen LogP contribution in [0.2, 0.25) is 0 Å². The summed E-state index contributed by atoms with van der Waals surface area (Å²) in [5.74, 6) is -0.479. The predicted octanol–water partition coefficient (Wildman–Crippen LogP) is 3.97. The number of rotatable bonds is 4. The molecule has 126 valence electrons. The van der Waals surface area contributed by atoms with E-state index in [0.29, 0.717) is 11.1 Å². The van der Waals surface area contributed by atoms with Crippen molar-refractivity contribution < 1.29 is 14.6 Å². The lowest BCUT2D eigenvalue weighted by molar-refractivity contribution is 0.452. The summed E-state index contributed by atoms with van der Waals surface area (Å²) in [6.07, 6.45) is 4.85. The van der Waals surface area contributed by atoms with Crippen LogP contribution < -0.4 is 10.7 Å². The second-order valence-corrected chi connectivity index (χ2v) is 5.44. The first-order chi connectivity index (χ1) is 12.0. The molecule has 0 atom stereocenters. The third-order valence-electron chi connectivity index (χ3n) is 3.89. The Labute approximate surface area is 144 Å². The molecule has 5 nitrogen and oxygen atoms in total. The van der Waals surface area contributed by atoms with Gasteiger partial charge in [-0.1, -0.05) is 36.9 Å². The van der Waals surface area contributed by atoms with Gasteiger partial charge in [0, 0.05) is 17.8 Å². The Balaban J connectivity index is 2.10. The van der Waals surface area contributed by atoms with Gasteiger partial charge in [0.25, 0.3) is 0 Å². The highest BCUT2D eigenvalue weighted by Gasteiger charge is 2.14. The minimum atomic E-state index is -0.359. The molecule has 0 saturated heterocycles. The molecule has 0 saturated carbocycles. The Morgan fingerprint density at radius 2 is 1.92 bits per heavy atom. The molecule has 25 heavy (non-hydrogen) atoms. The normalized spacial score (nSPS) is 11.5. The van der Waals surface area contributed by atoms with E-state index in [4.69, 9.17) is 4.42 Å². The molecule has 0 bridgehead atoms. The zero-order valence-corrected chi connectivity index (χ0v) is 13.6. The molecule has 0 amide bonds. The Morgan fingerprint density at radius 3 is 2.56 bits per heavy atom. The summed E-state index contributed by atoms with van der Waals surface area (Å²) in [6.45, 7) is 5.56. The summed E-state index contributed by atoms with van der Waals surface area (Å²) < 4.78 is 5.42. The fraction of sp³-hybridized carbons (Fsp3) is 0.0500. The van der Waals surface area contributed by atoms with Gasteiger partial charge in [-0.25, -0.2) is 0 Å². The highest BCUT2D eigenvalue weighted by Crippen LogP contribution is 2.29. The van der Waals surface area contributed by atoms with E-state index in [1.54, 1.807) is 18.3 Å². The molecule has 0 spiro atoms. The van der Waals surface area contributed by atoms with E-state index in [-0.39, 0.29) is 27.9 Å². The van der Waals surface area contributed by atoms with Gasteiger partial charge in [-0.05, 0) is 24.3 Å². The standard InChI is InChI=1S/C20H17NO4/c1-3-16(21-4-2)13-7-5-12(6-8-13)15-11-25-18-10-14(22)9-17(23)19(18)20(15)24/h3-11,21-23H,2H2,1H3/b16-3-. The van der Waals surface area contributed by atoms with Crippen LogP contribution in [0.15, 0.2) is 70.7 Å². The lowest BCUT2D eigenvalue weighted by Gasteiger charge is -2.09. The van der Waals surface area contributed by atoms with Gasteiger partial charge in [0.2, 0.25) is 5.43 Å². The first-order valence-electron chi connectivity index (χ1n) is 7.67. The van der Waals surface area contributed by atoms with E-state index in [1.165, 1.54) is 12.3 Å². The van der Waals surface area contributed by atoms with Crippen LogP contribution in [0.1, 0.15) is 12.5 Å². The number of fused-ring (bicyclic) bond motifs is 1. The van der Waals surface area contributed by atoms with Gasteiger partial charge in [-0.15, -0.1) is 0 Å². The van der Waals surface area contributed by atoms with Crippen LogP contribution in [0.3, 0.4) is 0 Å². The number of phenolic OH excluding ortho intramolecular Hbond substituents is 2. The quantitative estimate of drug-likeness (QED) is 0.672. The Bertz CT molecular complexity index is 1030. The van der Waals surface area contributed by atoms with Gasteiger partial charge < -0.3 is 19.9 Å². The molecule has 3 aromatic rings. The van der Waals surface area contributed by atoms with Gasteiger partial charge in [-0.3, -0.25) is 4.79 Å². The maximum absolute atomic E-state index is 12.7. The Kier molecular flexibility index (Phi) is 4.31. The number of hydrogen-bond donors (Lipinski definition) is 3. The minimum Gasteiger partial charge on any atom is -0.508 e. The van der Waals surface area contributed by atoms with Gasteiger partial charge >= 0.3 is 0 Å². The van der Waals surface area contributed by atoms with Crippen LogP contribution in [-0.2, 0) is 0 Å². The van der Waals surface area contributed by atoms with Gasteiger partial charge in [0.15, 0.2) is 0 Å². The molecule has 5 heteroatoms. The topological polar surface area (TPSA) is 82.7 Å². The summed E-state index contributed by atoms with van der Waals surface area (Å²) in [5.41, 5.74) is 2.63. The van der Waals surface area contributed by atoms with E-state index >= 15 is 0 Å². The largest absolute Gasteiger partial charge is 0.508 e. The highest BCUT2D eigenvalue weighted by molar-refractivity contribution is 5.88. The Morgan fingerprint density at radius 1 is 1.20 bits per heavy atom. The number of benzene rings is 2. The molecule has 0 aliphatic carbocycles. The average molecular weight is 335 g/mol. The van der Waals surface area contributed by atoms with E-state index in [1.807, 2.05) is 25.1 Å². The smallest absolute Gasteiger partial charge is 0.204 e. The third kappa shape index (κ3) is 2.99. The summed E-state index contributed by atoms with van der Waals surface area (Å²) in [4.78, 5) is 12.7. The lowest BCUT2D eigenvalue weighted by atomic mass is 10.0. The molecule has 2 aromatic carbocycles. The van der Waals surface area contributed by atoms with Crippen LogP contribution in [0.25, 0.3) is 27.8 Å². The van der Waals surface area contributed by atoms with Crippen molar-refractivity contribution >= 4 is 16.7 Å². The predicted molar refractivity (Wildman–Crippen MR) is 98.2 cm³/mol. The summed E-state index contributed by atoms with van der Waals surface area (Å²) in [6, 6.07) is 9.77. The number of allylic oxidation sites excluding steroid dienone is 1. The van der Waals surface area contributed by atoms with Crippen molar-refractivity contribution in [3.63, 3.8) is 0 Å². The number of phenols is 2. The van der Waals surface area contributed by atoms with Crippen molar-refractivity contribution in [1.29, 1.82) is 0 Å². The summed E-state index contributed by atoms with van der Waals surface area (Å²) in [7, 11) is 0. The molecule has 0 aliphatic heterocycles. The molecule has 0 unspecified atom stereocenters. The Hall–Kier alpha value is -3.47. The van der Waals surface area contributed by atoms with Crippen LogP contribution >= 0.6 is 0 Å². The molecule has 3 rings (SSSR count). The van der Waals surface area contributed by atoms with Crippen LogP contribution in [0.4, 0.5) is 0 Å². The lowest BCUT2D eigenvalue weighted by Crippen LogP contribution is -2.06. The van der Waals surface area contributed by atoms with Gasteiger partial charge in [0.05, 0.1) is 5.56 Å². The zero-order chi connectivity index (χ0) is 18.0.